The minimum atomic E-state index is -0.370. The first-order valence-corrected chi connectivity index (χ1v) is 5.23. The van der Waals surface area contributed by atoms with Crippen LogP contribution < -0.4 is 0 Å². The van der Waals surface area contributed by atoms with Crippen LogP contribution in [-0.2, 0) is 0 Å². The summed E-state index contributed by atoms with van der Waals surface area (Å²) in [4.78, 5) is 4.20. The number of nitrogens with zero attached hydrogens (tertiary/aromatic N) is 1. The van der Waals surface area contributed by atoms with E-state index in [0.717, 1.165) is 16.3 Å². The molecule has 2 rings (SSSR count). The number of aryl methyl sites for hydroxylation is 1. The minimum absolute atomic E-state index is 0.370. The third-order valence-corrected chi connectivity index (χ3v) is 2.50. The topological polar surface area (TPSA) is 12.9 Å². The third-order valence-electron chi connectivity index (χ3n) is 1.73. The molecule has 0 unspecified atom stereocenters. The van der Waals surface area contributed by atoms with Gasteiger partial charge in [-0.3, -0.25) is 0 Å². The van der Waals surface area contributed by atoms with Gasteiger partial charge in [-0.1, -0.05) is 5.92 Å². The van der Waals surface area contributed by atoms with Crippen molar-refractivity contribution in [1.29, 1.82) is 0 Å². The van der Waals surface area contributed by atoms with Gasteiger partial charge in [-0.2, -0.15) is 0 Å². The van der Waals surface area contributed by atoms with Gasteiger partial charge in [0.2, 0.25) is 0 Å². The van der Waals surface area contributed by atoms with Gasteiger partial charge in [0, 0.05) is 17.0 Å². The molecule has 0 atom stereocenters. The molecule has 15 heavy (non-hydrogen) atoms. The predicted molar refractivity (Wildman–Crippen MR) is 58.1 cm³/mol. The van der Waals surface area contributed by atoms with E-state index in [0.29, 0.717) is 0 Å². The molecule has 73 valence electrons. The summed E-state index contributed by atoms with van der Waals surface area (Å²) in [6.07, 6.45) is 0. The average molecular weight is 216 g/mol. The summed E-state index contributed by atoms with van der Waals surface area (Å²) >= 11 is 1.56. The van der Waals surface area contributed by atoms with Gasteiger partial charge in [0.05, 0.1) is 5.01 Å². The maximum atomic E-state index is 12.5. The highest BCUT2D eigenvalue weighted by molar-refractivity contribution is 7.09. The second-order valence-electron chi connectivity index (χ2n) is 2.93. The molecule has 0 saturated carbocycles. The number of thiazole rings is 1. The quantitative estimate of drug-likeness (QED) is 0.617. The molecule has 3 heteroatoms. The SMILES string of the molecule is Cc1nc(C#Cc2c[c]c(F)cc2)cs1. The standard InChI is InChI=1S/C12H7FNS/c1-9-14-12(8-15-9)7-4-10-2-5-11(13)6-3-10/h2-3,5,8H,1H3. The second kappa shape index (κ2) is 4.24. The van der Waals surface area contributed by atoms with Crippen molar-refractivity contribution in [3.8, 4) is 11.8 Å². The van der Waals surface area contributed by atoms with E-state index in [1.165, 1.54) is 12.1 Å². The van der Waals surface area contributed by atoms with Crippen molar-refractivity contribution in [1.82, 2.24) is 4.98 Å². The zero-order valence-corrected chi connectivity index (χ0v) is 8.86. The Morgan fingerprint density at radius 2 is 2.27 bits per heavy atom. The molecule has 1 heterocycles. The third kappa shape index (κ3) is 2.64. The molecular weight excluding hydrogens is 209 g/mol. The smallest absolute Gasteiger partial charge is 0.131 e. The second-order valence-corrected chi connectivity index (χ2v) is 3.99. The van der Waals surface area contributed by atoms with Crippen molar-refractivity contribution in [2.24, 2.45) is 0 Å². The maximum Gasteiger partial charge on any atom is 0.131 e. The van der Waals surface area contributed by atoms with Crippen LogP contribution in [0.15, 0.2) is 23.6 Å². The zero-order chi connectivity index (χ0) is 10.7. The van der Waals surface area contributed by atoms with Gasteiger partial charge in [-0.05, 0) is 31.0 Å². The number of aromatic nitrogens is 1. The van der Waals surface area contributed by atoms with E-state index in [2.05, 4.69) is 22.9 Å². The van der Waals surface area contributed by atoms with E-state index < -0.39 is 0 Å². The van der Waals surface area contributed by atoms with Gasteiger partial charge >= 0.3 is 0 Å². The Kier molecular flexibility index (Phi) is 2.79. The van der Waals surface area contributed by atoms with E-state index >= 15 is 0 Å². The van der Waals surface area contributed by atoms with Crippen LogP contribution in [0.2, 0.25) is 0 Å². The van der Waals surface area contributed by atoms with E-state index in [-0.39, 0.29) is 5.82 Å². The average Bonchev–Trinajstić information content (AvgIpc) is 2.64. The van der Waals surface area contributed by atoms with Crippen LogP contribution in [0.1, 0.15) is 16.3 Å². The van der Waals surface area contributed by atoms with Crippen LogP contribution in [0.3, 0.4) is 0 Å². The van der Waals surface area contributed by atoms with Crippen LogP contribution in [0, 0.1) is 30.6 Å². The molecule has 0 bridgehead atoms. The molecule has 0 aliphatic carbocycles. The van der Waals surface area contributed by atoms with Gasteiger partial charge in [0.25, 0.3) is 0 Å². The van der Waals surface area contributed by atoms with Gasteiger partial charge < -0.3 is 0 Å². The lowest BCUT2D eigenvalue weighted by Crippen LogP contribution is -1.78. The molecule has 0 amide bonds. The number of hydrogen-bond donors (Lipinski definition) is 0. The van der Waals surface area contributed by atoms with E-state index in [9.17, 15) is 4.39 Å². The molecule has 0 saturated heterocycles. The molecule has 1 nitrogen and oxygen atoms in total. The fourth-order valence-electron chi connectivity index (χ4n) is 1.04. The first-order valence-electron chi connectivity index (χ1n) is 4.35. The van der Waals surface area contributed by atoms with Crippen LogP contribution in [0.5, 0.6) is 0 Å². The normalized spacial score (nSPS) is 9.47. The summed E-state index contributed by atoms with van der Waals surface area (Å²) in [5.74, 6) is 5.44. The molecule has 1 aromatic carbocycles. The Bertz CT molecular complexity index is 517. The van der Waals surface area contributed by atoms with Crippen molar-refractivity contribution in [3.63, 3.8) is 0 Å². The summed E-state index contributed by atoms with van der Waals surface area (Å²) in [6, 6.07) is 6.95. The van der Waals surface area contributed by atoms with Crippen LogP contribution in [0.25, 0.3) is 0 Å². The molecule has 1 aromatic heterocycles. The van der Waals surface area contributed by atoms with Crippen molar-refractivity contribution in [2.45, 2.75) is 6.92 Å². The lowest BCUT2D eigenvalue weighted by Gasteiger charge is -1.87. The van der Waals surface area contributed by atoms with Gasteiger partial charge in [-0.25, -0.2) is 9.37 Å². The Hall–Kier alpha value is -1.66. The first kappa shape index (κ1) is 9.88. The Balaban J connectivity index is 2.22. The van der Waals surface area contributed by atoms with Crippen LogP contribution in [0.4, 0.5) is 4.39 Å². The van der Waals surface area contributed by atoms with Gasteiger partial charge in [0.1, 0.15) is 11.5 Å². The molecular formula is C12H7FNS. The minimum Gasteiger partial charge on any atom is -0.233 e. The number of halogens is 1. The molecule has 0 N–H and O–H groups in total. The lowest BCUT2D eigenvalue weighted by atomic mass is 10.2. The predicted octanol–water partition coefficient (Wildman–Crippen LogP) is 2.79. The molecule has 0 aliphatic heterocycles. The molecule has 0 spiro atoms. The van der Waals surface area contributed by atoms with Crippen molar-refractivity contribution in [2.75, 3.05) is 0 Å². The van der Waals surface area contributed by atoms with Crippen LogP contribution >= 0.6 is 11.3 Å². The largest absolute Gasteiger partial charge is 0.233 e. The number of rotatable bonds is 0. The molecule has 0 fully saturated rings. The summed E-state index contributed by atoms with van der Waals surface area (Å²) in [5, 5.41) is 2.89. The maximum absolute atomic E-state index is 12.5. The zero-order valence-electron chi connectivity index (χ0n) is 8.04. The highest BCUT2D eigenvalue weighted by Crippen LogP contribution is 2.06. The highest BCUT2D eigenvalue weighted by atomic mass is 32.1. The van der Waals surface area contributed by atoms with E-state index in [4.69, 9.17) is 0 Å². The van der Waals surface area contributed by atoms with Crippen molar-refractivity contribution >= 4 is 11.3 Å². The van der Waals surface area contributed by atoms with Crippen molar-refractivity contribution < 1.29 is 4.39 Å². The van der Waals surface area contributed by atoms with Gasteiger partial charge in [0.15, 0.2) is 0 Å². The number of hydrogen-bond acceptors (Lipinski definition) is 2. The molecule has 2 aromatic rings. The van der Waals surface area contributed by atoms with E-state index in [1.807, 2.05) is 12.3 Å². The van der Waals surface area contributed by atoms with Gasteiger partial charge in [-0.15, -0.1) is 11.3 Å². The fourth-order valence-corrected chi connectivity index (χ4v) is 1.59. The summed E-state index contributed by atoms with van der Waals surface area (Å²) in [7, 11) is 0. The lowest BCUT2D eigenvalue weighted by molar-refractivity contribution is 0.625. The first-order chi connectivity index (χ1) is 7.24. The summed E-state index contributed by atoms with van der Waals surface area (Å²) < 4.78 is 12.5. The van der Waals surface area contributed by atoms with Crippen LogP contribution in [-0.4, -0.2) is 4.98 Å². The Labute approximate surface area is 91.6 Å². The Morgan fingerprint density at radius 1 is 1.40 bits per heavy atom. The molecule has 1 radical (unpaired) electrons. The molecule has 0 aliphatic rings. The van der Waals surface area contributed by atoms with E-state index in [1.54, 1.807) is 17.4 Å². The van der Waals surface area contributed by atoms with Crippen molar-refractivity contribution in [3.05, 3.63) is 51.7 Å². The summed E-state index contributed by atoms with van der Waals surface area (Å²) in [6.45, 7) is 1.93. The monoisotopic (exact) mass is 216 g/mol. The highest BCUT2D eigenvalue weighted by Gasteiger charge is 1.93. The Morgan fingerprint density at radius 3 is 2.87 bits per heavy atom. The summed E-state index contributed by atoms with van der Waals surface area (Å²) in [5.41, 5.74) is 1.49. The number of benzene rings is 1. The fraction of sp³-hybridized carbons (Fsp3) is 0.0833.